The summed E-state index contributed by atoms with van der Waals surface area (Å²) in [5.41, 5.74) is 0.234. The SMILES string of the molecule is CC(C)(C)c1cc(C(=O)Nc2ccc(C(=O)O)c(Cl)c2)no1. The van der Waals surface area contributed by atoms with Crippen LogP contribution in [0.2, 0.25) is 5.02 Å². The van der Waals surface area contributed by atoms with Crippen LogP contribution in [0.1, 0.15) is 47.4 Å². The number of aromatic carboxylic acids is 1. The largest absolute Gasteiger partial charge is 0.478 e. The third-order valence-electron chi connectivity index (χ3n) is 2.94. The molecule has 0 bridgehead atoms. The van der Waals surface area contributed by atoms with Crippen molar-refractivity contribution in [2.45, 2.75) is 26.2 Å². The van der Waals surface area contributed by atoms with E-state index in [2.05, 4.69) is 10.5 Å². The zero-order chi connectivity index (χ0) is 16.5. The lowest BCUT2D eigenvalue weighted by molar-refractivity contribution is 0.0697. The lowest BCUT2D eigenvalue weighted by atomic mass is 9.93. The van der Waals surface area contributed by atoms with E-state index in [0.29, 0.717) is 11.4 Å². The quantitative estimate of drug-likeness (QED) is 0.901. The predicted octanol–water partition coefficient (Wildman–Crippen LogP) is 3.58. The van der Waals surface area contributed by atoms with Gasteiger partial charge in [0.15, 0.2) is 5.69 Å². The van der Waals surface area contributed by atoms with Gasteiger partial charge in [-0.1, -0.05) is 37.5 Å². The maximum absolute atomic E-state index is 12.1. The molecule has 7 heteroatoms. The molecule has 22 heavy (non-hydrogen) atoms. The molecule has 0 radical (unpaired) electrons. The van der Waals surface area contributed by atoms with Crippen molar-refractivity contribution < 1.29 is 19.2 Å². The Hall–Kier alpha value is -2.34. The average molecular weight is 323 g/mol. The summed E-state index contributed by atoms with van der Waals surface area (Å²) in [5, 5.41) is 15.3. The Morgan fingerprint density at radius 2 is 1.95 bits per heavy atom. The Bertz CT molecular complexity index is 731. The number of carbonyl (C=O) groups is 2. The van der Waals surface area contributed by atoms with Crippen LogP contribution < -0.4 is 5.32 Å². The zero-order valence-electron chi connectivity index (χ0n) is 12.3. The molecule has 1 aromatic carbocycles. The van der Waals surface area contributed by atoms with Gasteiger partial charge < -0.3 is 14.9 Å². The number of rotatable bonds is 3. The van der Waals surface area contributed by atoms with E-state index in [1.54, 1.807) is 6.07 Å². The van der Waals surface area contributed by atoms with E-state index < -0.39 is 11.9 Å². The van der Waals surface area contributed by atoms with Gasteiger partial charge in [0.05, 0.1) is 10.6 Å². The number of aromatic nitrogens is 1. The molecule has 0 unspecified atom stereocenters. The van der Waals surface area contributed by atoms with Crippen molar-refractivity contribution in [1.82, 2.24) is 5.16 Å². The summed E-state index contributed by atoms with van der Waals surface area (Å²) >= 11 is 5.85. The third-order valence-corrected chi connectivity index (χ3v) is 3.25. The van der Waals surface area contributed by atoms with Gasteiger partial charge >= 0.3 is 5.97 Å². The van der Waals surface area contributed by atoms with Gasteiger partial charge in [-0.05, 0) is 18.2 Å². The first kappa shape index (κ1) is 16.0. The first-order valence-corrected chi connectivity index (χ1v) is 6.87. The second kappa shape index (κ2) is 5.81. The fourth-order valence-corrected chi connectivity index (χ4v) is 1.96. The maximum Gasteiger partial charge on any atom is 0.337 e. The van der Waals surface area contributed by atoms with E-state index in [1.165, 1.54) is 18.2 Å². The van der Waals surface area contributed by atoms with Crippen LogP contribution in [0.4, 0.5) is 5.69 Å². The molecular formula is C15H15ClN2O4. The van der Waals surface area contributed by atoms with E-state index >= 15 is 0 Å². The van der Waals surface area contributed by atoms with Crippen molar-refractivity contribution in [2.24, 2.45) is 0 Å². The highest BCUT2D eigenvalue weighted by atomic mass is 35.5. The van der Waals surface area contributed by atoms with Crippen molar-refractivity contribution in [3.63, 3.8) is 0 Å². The number of anilines is 1. The lowest BCUT2D eigenvalue weighted by Crippen LogP contribution is -2.13. The molecule has 0 spiro atoms. The van der Waals surface area contributed by atoms with Crippen molar-refractivity contribution in [1.29, 1.82) is 0 Å². The molecule has 1 heterocycles. The second-order valence-corrected chi connectivity index (χ2v) is 6.19. The summed E-state index contributed by atoms with van der Waals surface area (Å²) in [4.78, 5) is 23.0. The molecule has 0 saturated heterocycles. The molecule has 0 atom stereocenters. The standard InChI is InChI=1S/C15H15ClN2O4/c1-15(2,3)12-7-11(18-22-12)13(19)17-8-4-5-9(14(20)21)10(16)6-8/h4-7H,1-3H3,(H,17,19)(H,20,21). The summed E-state index contributed by atoms with van der Waals surface area (Å²) < 4.78 is 5.15. The van der Waals surface area contributed by atoms with Gasteiger partial charge in [-0.2, -0.15) is 0 Å². The van der Waals surface area contributed by atoms with E-state index in [9.17, 15) is 9.59 Å². The van der Waals surface area contributed by atoms with Gasteiger partial charge in [0.1, 0.15) is 5.76 Å². The van der Waals surface area contributed by atoms with Crippen LogP contribution in [0.5, 0.6) is 0 Å². The summed E-state index contributed by atoms with van der Waals surface area (Å²) in [6.45, 7) is 5.83. The summed E-state index contributed by atoms with van der Waals surface area (Å²) in [6.07, 6.45) is 0. The number of amides is 1. The van der Waals surface area contributed by atoms with Crippen molar-refractivity contribution >= 4 is 29.2 Å². The van der Waals surface area contributed by atoms with E-state index in [-0.39, 0.29) is 21.7 Å². The smallest absolute Gasteiger partial charge is 0.337 e. The molecule has 2 rings (SSSR count). The molecule has 1 aromatic heterocycles. The highest BCUT2D eigenvalue weighted by molar-refractivity contribution is 6.33. The first-order chi connectivity index (χ1) is 10.2. The second-order valence-electron chi connectivity index (χ2n) is 5.78. The van der Waals surface area contributed by atoms with Gasteiger partial charge in [-0.15, -0.1) is 0 Å². The molecule has 1 amide bonds. The van der Waals surface area contributed by atoms with Gasteiger partial charge in [0, 0.05) is 17.2 Å². The monoisotopic (exact) mass is 322 g/mol. The number of hydrogen-bond donors (Lipinski definition) is 2. The highest BCUT2D eigenvalue weighted by Crippen LogP contribution is 2.24. The van der Waals surface area contributed by atoms with Gasteiger partial charge in [0.25, 0.3) is 5.91 Å². The number of carbonyl (C=O) groups excluding carboxylic acids is 1. The zero-order valence-corrected chi connectivity index (χ0v) is 13.1. The maximum atomic E-state index is 12.1. The summed E-state index contributed by atoms with van der Waals surface area (Å²) in [5.74, 6) is -0.996. The van der Waals surface area contributed by atoms with Crippen LogP contribution in [0.3, 0.4) is 0 Å². The fourth-order valence-electron chi connectivity index (χ4n) is 1.70. The fraction of sp³-hybridized carbons (Fsp3) is 0.267. The van der Waals surface area contributed by atoms with Gasteiger partial charge in [0.2, 0.25) is 0 Å². The molecule has 116 valence electrons. The third kappa shape index (κ3) is 3.46. The minimum Gasteiger partial charge on any atom is -0.478 e. The number of carboxylic acid groups (broad SMARTS) is 1. The van der Waals surface area contributed by atoms with E-state index in [4.69, 9.17) is 21.2 Å². The Morgan fingerprint density at radius 1 is 1.27 bits per heavy atom. The molecule has 0 aliphatic heterocycles. The number of nitrogens with zero attached hydrogens (tertiary/aromatic N) is 1. The normalized spacial score (nSPS) is 11.3. The molecular weight excluding hydrogens is 308 g/mol. The molecule has 0 aliphatic carbocycles. The molecule has 0 fully saturated rings. The van der Waals surface area contributed by atoms with Crippen LogP contribution in [0, 0.1) is 0 Å². The number of halogens is 1. The minimum absolute atomic E-state index is 0.0314. The van der Waals surface area contributed by atoms with E-state index in [1.807, 2.05) is 20.8 Å². The van der Waals surface area contributed by atoms with Gasteiger partial charge in [-0.25, -0.2) is 4.79 Å². The Kier molecular flexibility index (Phi) is 4.23. The predicted molar refractivity (Wildman–Crippen MR) is 81.6 cm³/mol. The van der Waals surface area contributed by atoms with E-state index in [0.717, 1.165) is 0 Å². The number of nitrogens with one attached hydrogen (secondary N) is 1. The van der Waals surface area contributed by atoms with Crippen molar-refractivity contribution in [2.75, 3.05) is 5.32 Å². The minimum atomic E-state index is -1.13. The van der Waals surface area contributed by atoms with Crippen LogP contribution in [0.15, 0.2) is 28.8 Å². The van der Waals surface area contributed by atoms with Crippen LogP contribution in [0.25, 0.3) is 0 Å². The molecule has 0 saturated carbocycles. The average Bonchev–Trinajstić information content (AvgIpc) is 2.87. The van der Waals surface area contributed by atoms with Crippen molar-refractivity contribution in [3.8, 4) is 0 Å². The number of carboxylic acids is 1. The lowest BCUT2D eigenvalue weighted by Gasteiger charge is -2.12. The number of benzene rings is 1. The topological polar surface area (TPSA) is 92.4 Å². The van der Waals surface area contributed by atoms with Crippen molar-refractivity contribution in [3.05, 3.63) is 46.3 Å². The summed E-state index contributed by atoms with van der Waals surface area (Å²) in [7, 11) is 0. The van der Waals surface area contributed by atoms with Crippen LogP contribution in [-0.4, -0.2) is 22.1 Å². The highest BCUT2D eigenvalue weighted by Gasteiger charge is 2.22. The number of hydrogen-bond acceptors (Lipinski definition) is 4. The van der Waals surface area contributed by atoms with Crippen LogP contribution >= 0.6 is 11.6 Å². The Balaban J connectivity index is 2.17. The Labute approximate surface area is 132 Å². The van der Waals surface area contributed by atoms with Crippen LogP contribution in [-0.2, 0) is 5.41 Å². The Morgan fingerprint density at radius 3 is 2.45 bits per heavy atom. The molecule has 2 aromatic rings. The molecule has 2 N–H and O–H groups in total. The summed E-state index contributed by atoms with van der Waals surface area (Å²) in [6, 6.07) is 5.72. The molecule has 6 nitrogen and oxygen atoms in total. The van der Waals surface area contributed by atoms with Gasteiger partial charge in [-0.3, -0.25) is 4.79 Å². The molecule has 0 aliphatic rings. The first-order valence-electron chi connectivity index (χ1n) is 6.50.